The molecule has 3 rings (SSSR count). The molecule has 0 bridgehead atoms. The molecule has 100 valence electrons. The molecule has 5 nitrogen and oxygen atoms in total. The van der Waals surface area contributed by atoms with Gasteiger partial charge < -0.3 is 10.7 Å². The molecule has 0 aliphatic carbocycles. The van der Waals surface area contributed by atoms with Crippen molar-refractivity contribution in [1.29, 1.82) is 0 Å². The van der Waals surface area contributed by atoms with E-state index < -0.39 is 0 Å². The third-order valence-electron chi connectivity index (χ3n) is 2.95. The van der Waals surface area contributed by atoms with Crippen LogP contribution in [0.2, 0.25) is 0 Å². The number of hydrogen-bond acceptors (Lipinski definition) is 5. The van der Waals surface area contributed by atoms with E-state index in [9.17, 15) is 4.79 Å². The molecular formula is C14H12N4OS. The third kappa shape index (κ3) is 2.25. The normalized spacial score (nSPS) is 10.8. The number of rotatable bonds is 2. The second-order valence-electron chi connectivity index (χ2n) is 4.25. The monoisotopic (exact) mass is 284 g/mol. The van der Waals surface area contributed by atoms with Gasteiger partial charge in [-0.15, -0.1) is 11.8 Å². The van der Waals surface area contributed by atoms with Crippen LogP contribution in [0.15, 0.2) is 46.1 Å². The third-order valence-corrected chi connectivity index (χ3v) is 3.67. The molecule has 0 saturated carbocycles. The van der Waals surface area contributed by atoms with E-state index >= 15 is 0 Å². The Morgan fingerprint density at radius 2 is 2.05 bits per heavy atom. The molecule has 3 aromatic rings. The molecule has 6 heteroatoms. The van der Waals surface area contributed by atoms with Crippen LogP contribution < -0.4 is 11.3 Å². The number of nitrogens with zero attached hydrogens (tertiary/aromatic N) is 2. The zero-order valence-corrected chi connectivity index (χ0v) is 11.6. The predicted molar refractivity (Wildman–Crippen MR) is 81.8 cm³/mol. The minimum Gasteiger partial charge on any atom is -0.368 e. The molecule has 0 radical (unpaired) electrons. The maximum atomic E-state index is 11.4. The van der Waals surface area contributed by atoms with Gasteiger partial charge >= 0.3 is 0 Å². The van der Waals surface area contributed by atoms with Crippen LogP contribution >= 0.6 is 11.8 Å². The van der Waals surface area contributed by atoms with Crippen LogP contribution in [0.4, 0.5) is 5.95 Å². The Kier molecular flexibility index (Phi) is 3.15. The molecule has 2 heterocycles. The van der Waals surface area contributed by atoms with E-state index in [2.05, 4.69) is 15.0 Å². The Hall–Kier alpha value is -2.34. The van der Waals surface area contributed by atoms with E-state index in [0.29, 0.717) is 5.65 Å². The van der Waals surface area contributed by atoms with E-state index in [1.165, 1.54) is 6.07 Å². The number of fused-ring (bicyclic) bond motifs is 1. The summed E-state index contributed by atoms with van der Waals surface area (Å²) >= 11 is 1.66. The summed E-state index contributed by atoms with van der Waals surface area (Å²) in [5.74, 6) is 0.143. The SMILES string of the molecule is CSc1cccc(-c2nc(N)nc3[nH]c(=O)ccc23)c1. The standard InChI is InChI=1S/C14H12N4OS/c1-20-9-4-2-3-8(7-9)12-10-5-6-11(19)16-13(10)18-14(15)17-12/h2-7H,1H3,(H3,15,16,17,18,19). The van der Waals surface area contributed by atoms with Crippen LogP contribution in [0.3, 0.4) is 0 Å². The zero-order chi connectivity index (χ0) is 14.1. The number of pyridine rings is 1. The zero-order valence-electron chi connectivity index (χ0n) is 10.8. The first kappa shape index (κ1) is 12.7. The van der Waals surface area contributed by atoms with Gasteiger partial charge in [-0.2, -0.15) is 4.98 Å². The van der Waals surface area contributed by atoms with Crippen molar-refractivity contribution in [2.24, 2.45) is 0 Å². The van der Waals surface area contributed by atoms with E-state index in [-0.39, 0.29) is 11.5 Å². The van der Waals surface area contributed by atoms with Gasteiger partial charge in [0.2, 0.25) is 11.5 Å². The quantitative estimate of drug-likeness (QED) is 0.705. The van der Waals surface area contributed by atoms with Crippen molar-refractivity contribution in [2.45, 2.75) is 4.90 Å². The lowest BCUT2D eigenvalue weighted by molar-refractivity contribution is 1.17. The smallest absolute Gasteiger partial charge is 0.249 e. The van der Waals surface area contributed by atoms with E-state index in [0.717, 1.165) is 21.5 Å². The molecule has 2 aromatic heterocycles. The van der Waals surface area contributed by atoms with Crippen molar-refractivity contribution < 1.29 is 0 Å². The second-order valence-corrected chi connectivity index (χ2v) is 5.13. The number of benzene rings is 1. The maximum absolute atomic E-state index is 11.4. The fourth-order valence-corrected chi connectivity index (χ4v) is 2.51. The van der Waals surface area contributed by atoms with Crippen molar-refractivity contribution in [3.8, 4) is 11.3 Å². The summed E-state index contributed by atoms with van der Waals surface area (Å²) in [6, 6.07) is 11.2. The average Bonchev–Trinajstić information content (AvgIpc) is 2.46. The molecule has 0 atom stereocenters. The Morgan fingerprint density at radius 1 is 1.20 bits per heavy atom. The predicted octanol–water partition coefficient (Wildman–Crippen LogP) is 2.29. The molecule has 0 unspecified atom stereocenters. The van der Waals surface area contributed by atoms with Crippen LogP contribution in [-0.2, 0) is 0 Å². The number of hydrogen-bond donors (Lipinski definition) is 2. The summed E-state index contributed by atoms with van der Waals surface area (Å²) in [5.41, 5.74) is 7.65. The molecule has 20 heavy (non-hydrogen) atoms. The van der Waals surface area contributed by atoms with Gasteiger partial charge in [-0.25, -0.2) is 4.98 Å². The average molecular weight is 284 g/mol. The highest BCUT2D eigenvalue weighted by atomic mass is 32.2. The first-order valence-electron chi connectivity index (χ1n) is 5.98. The van der Waals surface area contributed by atoms with Crippen molar-refractivity contribution in [3.63, 3.8) is 0 Å². The molecule has 1 aromatic carbocycles. The maximum Gasteiger partial charge on any atom is 0.249 e. The first-order chi connectivity index (χ1) is 9.67. The van der Waals surface area contributed by atoms with Gasteiger partial charge in [0.25, 0.3) is 0 Å². The van der Waals surface area contributed by atoms with Crippen molar-refractivity contribution in [3.05, 3.63) is 46.8 Å². The molecule has 0 spiro atoms. The summed E-state index contributed by atoms with van der Waals surface area (Å²) < 4.78 is 0. The van der Waals surface area contributed by atoms with Crippen LogP contribution in [0.1, 0.15) is 0 Å². The Bertz CT molecular complexity index is 844. The fraction of sp³-hybridized carbons (Fsp3) is 0.0714. The van der Waals surface area contributed by atoms with Crippen molar-refractivity contribution >= 4 is 28.7 Å². The van der Waals surface area contributed by atoms with Crippen LogP contribution in [-0.4, -0.2) is 21.2 Å². The number of H-pyrrole nitrogens is 1. The van der Waals surface area contributed by atoms with Crippen LogP contribution in [0.5, 0.6) is 0 Å². The number of nitrogens with one attached hydrogen (secondary N) is 1. The van der Waals surface area contributed by atoms with Gasteiger partial charge in [-0.3, -0.25) is 4.79 Å². The van der Waals surface area contributed by atoms with Gasteiger partial charge in [-0.05, 0) is 24.5 Å². The number of anilines is 1. The number of nitrogens with two attached hydrogens (primary N) is 1. The van der Waals surface area contributed by atoms with Crippen molar-refractivity contribution in [2.75, 3.05) is 12.0 Å². The van der Waals surface area contributed by atoms with Gasteiger partial charge in [0, 0.05) is 21.9 Å². The van der Waals surface area contributed by atoms with Crippen LogP contribution in [0.25, 0.3) is 22.3 Å². The minimum absolute atomic E-state index is 0.143. The number of aromatic amines is 1. The van der Waals surface area contributed by atoms with Crippen LogP contribution in [0, 0.1) is 0 Å². The van der Waals surface area contributed by atoms with E-state index in [1.54, 1.807) is 17.8 Å². The van der Waals surface area contributed by atoms with Gasteiger partial charge in [0.1, 0.15) is 5.65 Å². The Labute approximate surface area is 119 Å². The molecule has 0 aliphatic heterocycles. The molecular weight excluding hydrogens is 272 g/mol. The lowest BCUT2D eigenvalue weighted by Gasteiger charge is -2.07. The molecule has 0 fully saturated rings. The second kappa shape index (κ2) is 4.97. The fourth-order valence-electron chi connectivity index (χ4n) is 2.05. The van der Waals surface area contributed by atoms with Crippen molar-refractivity contribution in [1.82, 2.24) is 15.0 Å². The molecule has 0 saturated heterocycles. The molecule has 3 N–H and O–H groups in total. The van der Waals surface area contributed by atoms with Gasteiger partial charge in [0.15, 0.2) is 0 Å². The van der Waals surface area contributed by atoms with E-state index in [4.69, 9.17) is 5.73 Å². The number of thioether (sulfide) groups is 1. The summed E-state index contributed by atoms with van der Waals surface area (Å²) in [4.78, 5) is 23.6. The van der Waals surface area contributed by atoms with Gasteiger partial charge in [-0.1, -0.05) is 12.1 Å². The van der Waals surface area contributed by atoms with Gasteiger partial charge in [0.05, 0.1) is 5.69 Å². The molecule has 0 amide bonds. The highest BCUT2D eigenvalue weighted by Gasteiger charge is 2.09. The summed E-state index contributed by atoms with van der Waals surface area (Å²) in [5, 5.41) is 0.775. The summed E-state index contributed by atoms with van der Waals surface area (Å²) in [6.45, 7) is 0. The minimum atomic E-state index is -0.209. The Balaban J connectivity index is 2.32. The summed E-state index contributed by atoms with van der Waals surface area (Å²) in [6.07, 6.45) is 2.02. The largest absolute Gasteiger partial charge is 0.368 e. The first-order valence-corrected chi connectivity index (χ1v) is 7.21. The molecule has 0 aliphatic rings. The lowest BCUT2D eigenvalue weighted by Crippen LogP contribution is -2.07. The highest BCUT2D eigenvalue weighted by Crippen LogP contribution is 2.28. The topological polar surface area (TPSA) is 84.7 Å². The summed E-state index contributed by atoms with van der Waals surface area (Å²) in [7, 11) is 0. The van der Waals surface area contributed by atoms with E-state index in [1.807, 2.05) is 30.5 Å². The Morgan fingerprint density at radius 3 is 2.85 bits per heavy atom. The lowest BCUT2D eigenvalue weighted by atomic mass is 10.1. The highest BCUT2D eigenvalue weighted by molar-refractivity contribution is 7.98. The number of nitrogen functional groups attached to an aromatic ring is 1. The number of aromatic nitrogens is 3.